The van der Waals surface area contributed by atoms with E-state index in [1.54, 1.807) is 30.5 Å². The smallest absolute Gasteiger partial charge is 0.337 e. The Morgan fingerprint density at radius 1 is 1.25 bits per heavy atom. The first-order valence-corrected chi connectivity index (χ1v) is 6.16. The van der Waals surface area contributed by atoms with E-state index in [2.05, 4.69) is 10.3 Å². The highest BCUT2D eigenvalue weighted by Crippen LogP contribution is 2.20. The van der Waals surface area contributed by atoms with Crippen LogP contribution in [0.2, 0.25) is 5.02 Å². The van der Waals surface area contributed by atoms with Crippen molar-refractivity contribution < 1.29 is 14.7 Å². The molecule has 20 heavy (non-hydrogen) atoms. The van der Waals surface area contributed by atoms with Crippen molar-refractivity contribution in [2.75, 3.05) is 5.32 Å². The molecule has 0 unspecified atom stereocenters. The average molecular weight is 291 g/mol. The first-order valence-electron chi connectivity index (χ1n) is 5.79. The summed E-state index contributed by atoms with van der Waals surface area (Å²) in [5.41, 5.74) is 0.965. The van der Waals surface area contributed by atoms with Gasteiger partial charge in [0.1, 0.15) is 0 Å². The minimum Gasteiger partial charge on any atom is -0.478 e. The summed E-state index contributed by atoms with van der Waals surface area (Å²) >= 11 is 5.75. The molecule has 2 N–H and O–H groups in total. The van der Waals surface area contributed by atoms with Crippen molar-refractivity contribution in [2.24, 2.45) is 0 Å². The average Bonchev–Trinajstić information content (AvgIpc) is 2.41. The van der Waals surface area contributed by atoms with Gasteiger partial charge < -0.3 is 10.4 Å². The molecule has 0 atom stereocenters. The van der Waals surface area contributed by atoms with Crippen molar-refractivity contribution in [3.63, 3.8) is 0 Å². The topological polar surface area (TPSA) is 79.3 Å². The van der Waals surface area contributed by atoms with Gasteiger partial charge in [-0.2, -0.15) is 0 Å². The Balaban J connectivity index is 2.08. The number of hydrogen-bond donors (Lipinski definition) is 2. The lowest BCUT2D eigenvalue weighted by molar-refractivity contribution is -0.115. The zero-order valence-electron chi connectivity index (χ0n) is 10.3. The number of carboxylic acids is 1. The number of nitrogens with one attached hydrogen (secondary N) is 1. The molecule has 0 aliphatic rings. The molecule has 102 valence electrons. The monoisotopic (exact) mass is 290 g/mol. The van der Waals surface area contributed by atoms with Crippen LogP contribution in [0.25, 0.3) is 0 Å². The summed E-state index contributed by atoms with van der Waals surface area (Å²) in [7, 11) is 0. The van der Waals surface area contributed by atoms with E-state index in [4.69, 9.17) is 16.7 Å². The molecule has 1 aromatic carbocycles. The van der Waals surface area contributed by atoms with Gasteiger partial charge in [-0.15, -0.1) is 0 Å². The number of halogens is 1. The molecule has 1 aromatic heterocycles. The maximum atomic E-state index is 11.8. The lowest BCUT2D eigenvalue weighted by atomic mass is 10.2. The van der Waals surface area contributed by atoms with E-state index in [9.17, 15) is 9.59 Å². The summed E-state index contributed by atoms with van der Waals surface area (Å²) in [5.74, 6) is -1.42. The summed E-state index contributed by atoms with van der Waals surface area (Å²) in [6.07, 6.45) is 1.72. The number of rotatable bonds is 4. The van der Waals surface area contributed by atoms with Crippen LogP contribution in [0.1, 0.15) is 16.1 Å². The number of pyridine rings is 1. The van der Waals surface area contributed by atoms with E-state index in [0.29, 0.717) is 11.4 Å². The second-order valence-corrected chi connectivity index (χ2v) is 4.45. The maximum Gasteiger partial charge on any atom is 0.337 e. The molecule has 0 saturated carbocycles. The Morgan fingerprint density at radius 3 is 2.70 bits per heavy atom. The predicted octanol–water partition coefficient (Wildman–Crippen LogP) is 2.61. The van der Waals surface area contributed by atoms with Gasteiger partial charge in [0.2, 0.25) is 5.91 Å². The van der Waals surface area contributed by atoms with Gasteiger partial charge in [-0.25, -0.2) is 4.79 Å². The molecule has 0 aliphatic heterocycles. The lowest BCUT2D eigenvalue weighted by Gasteiger charge is -2.07. The highest BCUT2D eigenvalue weighted by atomic mass is 35.5. The quantitative estimate of drug-likeness (QED) is 0.907. The van der Waals surface area contributed by atoms with Crippen molar-refractivity contribution in [3.8, 4) is 0 Å². The van der Waals surface area contributed by atoms with E-state index < -0.39 is 5.97 Å². The van der Waals surface area contributed by atoms with Crippen molar-refractivity contribution in [1.82, 2.24) is 4.98 Å². The van der Waals surface area contributed by atoms with Crippen LogP contribution in [0.3, 0.4) is 0 Å². The van der Waals surface area contributed by atoms with E-state index >= 15 is 0 Å². The third-order valence-electron chi connectivity index (χ3n) is 2.55. The third-order valence-corrected chi connectivity index (χ3v) is 2.88. The Kier molecular flexibility index (Phi) is 4.32. The molecule has 0 bridgehead atoms. The molecule has 0 radical (unpaired) electrons. The lowest BCUT2D eigenvalue weighted by Crippen LogP contribution is -2.15. The van der Waals surface area contributed by atoms with Gasteiger partial charge in [0.25, 0.3) is 0 Å². The zero-order valence-corrected chi connectivity index (χ0v) is 11.1. The number of hydrogen-bond acceptors (Lipinski definition) is 3. The first-order chi connectivity index (χ1) is 9.56. The molecular weight excluding hydrogens is 280 g/mol. The largest absolute Gasteiger partial charge is 0.478 e. The van der Waals surface area contributed by atoms with E-state index in [0.717, 1.165) is 0 Å². The molecule has 1 amide bonds. The van der Waals surface area contributed by atoms with E-state index in [1.165, 1.54) is 12.1 Å². The SMILES string of the molecule is O=C(Cc1ccccn1)Nc1ccc(Cl)c(C(=O)O)c1. The van der Waals surface area contributed by atoms with E-state index in [1.807, 2.05) is 0 Å². The van der Waals surface area contributed by atoms with Gasteiger partial charge in [0.15, 0.2) is 0 Å². The zero-order chi connectivity index (χ0) is 14.5. The third kappa shape index (κ3) is 3.55. The van der Waals surface area contributed by atoms with Crippen LogP contribution in [0.4, 0.5) is 5.69 Å². The summed E-state index contributed by atoms with van der Waals surface area (Å²) in [6, 6.07) is 9.60. The maximum absolute atomic E-state index is 11.8. The standard InChI is InChI=1S/C14H11ClN2O3/c15-12-5-4-10(7-11(12)14(19)20)17-13(18)8-9-3-1-2-6-16-9/h1-7H,8H2,(H,17,18)(H,19,20). The number of aromatic carboxylic acids is 1. The number of benzene rings is 1. The summed E-state index contributed by atoms with van der Waals surface area (Å²) in [6.45, 7) is 0. The summed E-state index contributed by atoms with van der Waals surface area (Å²) in [4.78, 5) is 26.8. The first kappa shape index (κ1) is 14.0. The Morgan fingerprint density at radius 2 is 2.05 bits per heavy atom. The highest BCUT2D eigenvalue weighted by molar-refractivity contribution is 6.33. The number of carbonyl (C=O) groups is 2. The molecular formula is C14H11ClN2O3. The molecule has 1 heterocycles. The van der Waals surface area contributed by atoms with Crippen LogP contribution in [-0.4, -0.2) is 22.0 Å². The summed E-state index contributed by atoms with van der Waals surface area (Å²) < 4.78 is 0. The van der Waals surface area contributed by atoms with Crippen molar-refractivity contribution in [2.45, 2.75) is 6.42 Å². The second kappa shape index (κ2) is 6.16. The van der Waals surface area contributed by atoms with Gasteiger partial charge in [-0.3, -0.25) is 9.78 Å². The fraction of sp³-hybridized carbons (Fsp3) is 0.0714. The molecule has 0 aliphatic carbocycles. The number of aromatic nitrogens is 1. The minimum absolute atomic E-state index is 0.0534. The van der Waals surface area contributed by atoms with Gasteiger partial charge in [-0.05, 0) is 30.3 Å². The number of amides is 1. The Labute approximate surface area is 120 Å². The fourth-order valence-electron chi connectivity index (χ4n) is 1.64. The normalized spacial score (nSPS) is 10.1. The molecule has 0 spiro atoms. The molecule has 0 fully saturated rings. The van der Waals surface area contributed by atoms with Crippen molar-refractivity contribution in [3.05, 3.63) is 58.9 Å². The van der Waals surface area contributed by atoms with Crippen LogP contribution in [-0.2, 0) is 11.2 Å². The van der Waals surface area contributed by atoms with Crippen LogP contribution in [0, 0.1) is 0 Å². The molecule has 2 rings (SSSR count). The van der Waals surface area contributed by atoms with Gasteiger partial charge in [0.05, 0.1) is 17.0 Å². The summed E-state index contributed by atoms with van der Waals surface area (Å²) in [5, 5.41) is 11.7. The van der Waals surface area contributed by atoms with Gasteiger partial charge in [0, 0.05) is 17.6 Å². The van der Waals surface area contributed by atoms with Crippen molar-refractivity contribution >= 4 is 29.2 Å². The molecule has 0 saturated heterocycles. The minimum atomic E-state index is -1.14. The number of carbonyl (C=O) groups excluding carboxylic acids is 1. The Bertz CT molecular complexity index is 644. The van der Waals surface area contributed by atoms with E-state index in [-0.39, 0.29) is 22.9 Å². The van der Waals surface area contributed by atoms with Crippen LogP contribution in [0.15, 0.2) is 42.6 Å². The predicted molar refractivity (Wildman–Crippen MR) is 75.0 cm³/mol. The van der Waals surface area contributed by atoms with Gasteiger partial charge >= 0.3 is 5.97 Å². The van der Waals surface area contributed by atoms with Crippen LogP contribution in [0.5, 0.6) is 0 Å². The van der Waals surface area contributed by atoms with Crippen molar-refractivity contribution in [1.29, 1.82) is 0 Å². The van der Waals surface area contributed by atoms with Crippen LogP contribution >= 0.6 is 11.6 Å². The van der Waals surface area contributed by atoms with Crippen LogP contribution < -0.4 is 5.32 Å². The second-order valence-electron chi connectivity index (χ2n) is 4.05. The number of anilines is 1. The molecule has 6 heteroatoms. The molecule has 2 aromatic rings. The number of carboxylic acid groups (broad SMARTS) is 1. The molecule has 5 nitrogen and oxygen atoms in total. The Hall–Kier alpha value is -2.40. The number of nitrogens with zero attached hydrogens (tertiary/aromatic N) is 1. The fourth-order valence-corrected chi connectivity index (χ4v) is 1.84. The van der Waals surface area contributed by atoms with Gasteiger partial charge in [-0.1, -0.05) is 17.7 Å². The highest BCUT2D eigenvalue weighted by Gasteiger charge is 2.11.